The summed E-state index contributed by atoms with van der Waals surface area (Å²) >= 11 is 0.927. The Morgan fingerprint density at radius 2 is 1.89 bits per heavy atom. The van der Waals surface area contributed by atoms with Crippen LogP contribution in [0.1, 0.15) is 40.7 Å². The van der Waals surface area contributed by atoms with Crippen LogP contribution in [0.2, 0.25) is 0 Å². The predicted molar refractivity (Wildman–Crippen MR) is 78.2 cm³/mol. The summed E-state index contributed by atoms with van der Waals surface area (Å²) < 4.78 is 0. The van der Waals surface area contributed by atoms with Crippen LogP contribution in [0.25, 0.3) is 0 Å². The average molecular weight is 276 g/mol. The first-order valence-corrected chi connectivity index (χ1v) is 6.90. The zero-order valence-corrected chi connectivity index (χ0v) is 11.9. The molecule has 0 unspecified atom stereocenters. The maximum Gasteiger partial charge on any atom is 0.305 e. The molecule has 2 rings (SSSR count). The van der Waals surface area contributed by atoms with Crippen molar-refractivity contribution in [2.45, 2.75) is 26.7 Å². The molecule has 0 saturated carbocycles. The average Bonchev–Trinajstić information content (AvgIpc) is 2.69. The summed E-state index contributed by atoms with van der Waals surface area (Å²) in [5.74, 6) is 0.208. The number of carbonyl (C=O) groups is 1. The summed E-state index contributed by atoms with van der Waals surface area (Å²) in [6.45, 7) is 5.96. The maximum absolute atomic E-state index is 12.0. The lowest BCUT2D eigenvalue weighted by Gasteiger charge is -2.08. The smallest absolute Gasteiger partial charge is 0.305 e. The van der Waals surface area contributed by atoms with E-state index in [0.29, 0.717) is 16.5 Å². The third-order valence-electron chi connectivity index (χ3n) is 2.87. The largest absolute Gasteiger partial charge is 0.321 e. The minimum atomic E-state index is -0.252. The predicted octanol–water partition coefficient (Wildman–Crippen LogP) is 3.12. The van der Waals surface area contributed by atoms with E-state index >= 15 is 0 Å². The monoisotopic (exact) mass is 276 g/mol. The zero-order chi connectivity index (χ0) is 14.0. The van der Waals surface area contributed by atoms with Gasteiger partial charge in [0.1, 0.15) is 4.88 Å². The number of hydrogen-bond donors (Lipinski definition) is 2. The highest BCUT2D eigenvalue weighted by Gasteiger charge is 2.13. The molecule has 0 atom stereocenters. The molecule has 0 aliphatic carbocycles. The number of aryl methyl sites for hydroxylation is 1. The third-order valence-corrected chi connectivity index (χ3v) is 3.85. The number of aromatic nitrogens is 1. The molecule has 2 N–H and O–H groups in total. The van der Waals surface area contributed by atoms with Gasteiger partial charge in [-0.1, -0.05) is 37.3 Å². The van der Waals surface area contributed by atoms with Gasteiger partial charge in [0.05, 0.1) is 0 Å². The van der Waals surface area contributed by atoms with E-state index in [2.05, 4.69) is 24.1 Å². The Morgan fingerprint density at radius 3 is 2.37 bits per heavy atom. The van der Waals surface area contributed by atoms with Crippen LogP contribution in [0.15, 0.2) is 29.1 Å². The molecule has 0 spiro atoms. The van der Waals surface area contributed by atoms with Crippen LogP contribution in [0.3, 0.4) is 0 Å². The molecule has 0 saturated heterocycles. The second-order valence-electron chi connectivity index (χ2n) is 4.70. The molecule has 1 heterocycles. The van der Waals surface area contributed by atoms with E-state index in [4.69, 9.17) is 0 Å². The Hall–Kier alpha value is -1.88. The van der Waals surface area contributed by atoms with Crippen LogP contribution in [0.4, 0.5) is 5.69 Å². The van der Waals surface area contributed by atoms with Gasteiger partial charge in [0.15, 0.2) is 0 Å². The Kier molecular flexibility index (Phi) is 3.85. The molecule has 0 fully saturated rings. The van der Waals surface area contributed by atoms with Gasteiger partial charge < -0.3 is 10.3 Å². The number of hydrogen-bond acceptors (Lipinski definition) is 3. The van der Waals surface area contributed by atoms with Crippen LogP contribution in [0.5, 0.6) is 0 Å². The lowest BCUT2D eigenvalue weighted by atomic mass is 10.0. The maximum atomic E-state index is 12.0. The molecular formula is C14H16N2O2S. The van der Waals surface area contributed by atoms with Gasteiger partial charge in [-0.25, -0.2) is 0 Å². The van der Waals surface area contributed by atoms with Crippen LogP contribution in [-0.2, 0) is 0 Å². The summed E-state index contributed by atoms with van der Waals surface area (Å²) in [5.41, 5.74) is 2.56. The van der Waals surface area contributed by atoms with E-state index in [1.54, 1.807) is 6.92 Å². The first-order chi connectivity index (χ1) is 8.97. The Morgan fingerprint density at radius 1 is 1.26 bits per heavy atom. The molecule has 19 heavy (non-hydrogen) atoms. The van der Waals surface area contributed by atoms with Crippen molar-refractivity contribution in [2.24, 2.45) is 0 Å². The van der Waals surface area contributed by atoms with Crippen molar-refractivity contribution >= 4 is 22.9 Å². The van der Waals surface area contributed by atoms with Crippen LogP contribution >= 0.6 is 11.3 Å². The molecule has 0 aliphatic heterocycles. The van der Waals surface area contributed by atoms with E-state index in [-0.39, 0.29) is 10.8 Å². The normalized spacial score (nSPS) is 10.7. The van der Waals surface area contributed by atoms with Crippen molar-refractivity contribution in [3.63, 3.8) is 0 Å². The van der Waals surface area contributed by atoms with Crippen molar-refractivity contribution in [2.75, 3.05) is 5.32 Å². The van der Waals surface area contributed by atoms with Gasteiger partial charge in [-0.05, 0) is 30.5 Å². The van der Waals surface area contributed by atoms with Gasteiger partial charge in [0, 0.05) is 11.4 Å². The highest BCUT2D eigenvalue weighted by molar-refractivity contribution is 7.11. The molecule has 0 bridgehead atoms. The second-order valence-corrected chi connectivity index (χ2v) is 5.68. The fourth-order valence-electron chi connectivity index (χ4n) is 1.76. The fourth-order valence-corrected chi connectivity index (χ4v) is 2.50. The number of nitrogens with one attached hydrogen (secondary N) is 2. The highest BCUT2D eigenvalue weighted by atomic mass is 32.1. The first kappa shape index (κ1) is 13.5. The van der Waals surface area contributed by atoms with Gasteiger partial charge in [0.25, 0.3) is 5.91 Å². The summed E-state index contributed by atoms with van der Waals surface area (Å²) in [6, 6.07) is 7.73. The number of thiazole rings is 1. The van der Waals surface area contributed by atoms with Crippen molar-refractivity contribution < 1.29 is 4.79 Å². The number of benzene rings is 1. The van der Waals surface area contributed by atoms with Gasteiger partial charge in [-0.3, -0.25) is 9.59 Å². The quantitative estimate of drug-likeness (QED) is 0.904. The lowest BCUT2D eigenvalue weighted by molar-refractivity contribution is 0.103. The zero-order valence-electron chi connectivity index (χ0n) is 11.1. The van der Waals surface area contributed by atoms with E-state index in [1.165, 1.54) is 5.56 Å². The SMILES string of the molecule is Cc1[nH]c(=O)sc1C(=O)Nc1ccc(C(C)C)cc1. The topological polar surface area (TPSA) is 62.0 Å². The number of anilines is 1. The molecule has 1 amide bonds. The van der Waals surface area contributed by atoms with Crippen molar-refractivity contribution in [1.29, 1.82) is 0 Å². The summed E-state index contributed by atoms with van der Waals surface area (Å²) in [6.07, 6.45) is 0. The third kappa shape index (κ3) is 3.12. The van der Waals surface area contributed by atoms with Crippen molar-refractivity contribution in [3.05, 3.63) is 50.1 Å². The Bertz CT molecular complexity index is 638. The number of rotatable bonds is 3. The van der Waals surface area contributed by atoms with Crippen molar-refractivity contribution in [3.8, 4) is 0 Å². The van der Waals surface area contributed by atoms with Gasteiger partial charge in [-0.2, -0.15) is 0 Å². The van der Waals surface area contributed by atoms with E-state index < -0.39 is 0 Å². The highest BCUT2D eigenvalue weighted by Crippen LogP contribution is 2.18. The van der Waals surface area contributed by atoms with Crippen LogP contribution < -0.4 is 10.2 Å². The Balaban J connectivity index is 2.15. The Labute approximate surface area is 115 Å². The standard InChI is InChI=1S/C14H16N2O2S/c1-8(2)10-4-6-11(7-5-10)16-13(17)12-9(3)15-14(18)19-12/h4-8H,1-3H3,(H,15,18)(H,16,17). The second kappa shape index (κ2) is 5.40. The van der Waals surface area contributed by atoms with E-state index in [1.807, 2.05) is 24.3 Å². The molecule has 0 radical (unpaired) electrons. The summed E-state index contributed by atoms with van der Waals surface area (Å²) in [7, 11) is 0. The number of aromatic amines is 1. The van der Waals surface area contributed by atoms with Crippen LogP contribution in [-0.4, -0.2) is 10.9 Å². The van der Waals surface area contributed by atoms with E-state index in [0.717, 1.165) is 17.0 Å². The summed E-state index contributed by atoms with van der Waals surface area (Å²) in [4.78, 5) is 26.0. The molecule has 5 heteroatoms. The van der Waals surface area contributed by atoms with E-state index in [9.17, 15) is 9.59 Å². The molecular weight excluding hydrogens is 260 g/mol. The minimum Gasteiger partial charge on any atom is -0.321 e. The van der Waals surface area contributed by atoms with Gasteiger partial charge in [0.2, 0.25) is 0 Å². The molecule has 0 aliphatic rings. The molecule has 100 valence electrons. The molecule has 1 aromatic heterocycles. The number of carbonyl (C=O) groups excluding carboxylic acids is 1. The first-order valence-electron chi connectivity index (χ1n) is 6.08. The van der Waals surface area contributed by atoms with Gasteiger partial charge >= 0.3 is 4.87 Å². The fraction of sp³-hybridized carbons (Fsp3) is 0.286. The molecule has 1 aromatic carbocycles. The lowest BCUT2D eigenvalue weighted by Crippen LogP contribution is -2.11. The molecule has 2 aromatic rings. The molecule has 4 nitrogen and oxygen atoms in total. The van der Waals surface area contributed by atoms with Gasteiger partial charge in [-0.15, -0.1) is 0 Å². The number of amides is 1. The number of H-pyrrole nitrogens is 1. The van der Waals surface area contributed by atoms with Crippen molar-refractivity contribution in [1.82, 2.24) is 4.98 Å². The minimum absolute atomic E-state index is 0.210. The summed E-state index contributed by atoms with van der Waals surface area (Å²) in [5, 5.41) is 2.79. The van der Waals surface area contributed by atoms with Crippen LogP contribution in [0, 0.1) is 6.92 Å².